The molecule has 1 aromatic heterocycles. The first-order chi connectivity index (χ1) is 14.3. The molecule has 0 spiro atoms. The van der Waals surface area contributed by atoms with Crippen molar-refractivity contribution >= 4 is 11.9 Å². The number of benzene rings is 1. The molecule has 0 aliphatic carbocycles. The van der Waals surface area contributed by atoms with Crippen LogP contribution in [-0.4, -0.2) is 47.3 Å². The Balaban J connectivity index is 1.79. The minimum Gasteiger partial charge on any atom is -0.497 e. The van der Waals surface area contributed by atoms with Crippen molar-refractivity contribution in [3.63, 3.8) is 0 Å². The van der Waals surface area contributed by atoms with Crippen LogP contribution in [0.3, 0.4) is 0 Å². The number of aryl methyl sites for hydroxylation is 1. The van der Waals surface area contributed by atoms with E-state index in [1.807, 2.05) is 39.0 Å². The summed E-state index contributed by atoms with van der Waals surface area (Å²) in [5.41, 5.74) is 2.32. The number of methoxy groups -OCH3 is 2. The van der Waals surface area contributed by atoms with E-state index in [9.17, 15) is 4.79 Å². The Morgan fingerprint density at radius 1 is 1.20 bits per heavy atom. The third-order valence-electron chi connectivity index (χ3n) is 4.82. The standard InChI is InChI=1S/C22H30N4O4/c1-22(2,3)30-21(27)26-10-6-7-18-17(13-26)20(25-14-24-18)23-12-15-8-9-16(28-4)11-19(15)29-5/h8-9,11,14H,6-7,10,12-13H2,1-5H3,(H,23,24,25). The molecule has 0 unspecified atom stereocenters. The second-order valence-electron chi connectivity index (χ2n) is 8.18. The van der Waals surface area contributed by atoms with Crippen LogP contribution in [0.25, 0.3) is 0 Å². The normalized spacial score (nSPS) is 13.8. The third kappa shape index (κ3) is 5.31. The van der Waals surface area contributed by atoms with Crippen molar-refractivity contribution in [3.05, 3.63) is 41.3 Å². The fourth-order valence-electron chi connectivity index (χ4n) is 3.35. The number of hydrogen-bond donors (Lipinski definition) is 1. The first kappa shape index (κ1) is 21.7. The van der Waals surface area contributed by atoms with Crippen LogP contribution in [0.5, 0.6) is 11.5 Å². The number of ether oxygens (including phenoxy) is 3. The van der Waals surface area contributed by atoms with E-state index in [1.54, 1.807) is 25.4 Å². The van der Waals surface area contributed by atoms with E-state index in [0.29, 0.717) is 25.5 Å². The van der Waals surface area contributed by atoms with E-state index >= 15 is 0 Å². The minimum absolute atomic E-state index is 0.318. The Bertz CT molecular complexity index is 895. The van der Waals surface area contributed by atoms with Gasteiger partial charge in [0.05, 0.1) is 26.5 Å². The molecule has 2 heterocycles. The molecule has 8 nitrogen and oxygen atoms in total. The van der Waals surface area contributed by atoms with Gasteiger partial charge in [-0.25, -0.2) is 14.8 Å². The number of aromatic nitrogens is 2. The predicted molar refractivity (Wildman–Crippen MR) is 114 cm³/mol. The van der Waals surface area contributed by atoms with Crippen molar-refractivity contribution in [3.8, 4) is 11.5 Å². The summed E-state index contributed by atoms with van der Waals surface area (Å²) in [6.07, 6.45) is 2.87. The average Bonchev–Trinajstić information content (AvgIpc) is 2.94. The van der Waals surface area contributed by atoms with Gasteiger partial charge in [0.2, 0.25) is 0 Å². The van der Waals surface area contributed by atoms with Gasteiger partial charge >= 0.3 is 6.09 Å². The molecule has 30 heavy (non-hydrogen) atoms. The van der Waals surface area contributed by atoms with Gasteiger partial charge in [-0.15, -0.1) is 0 Å². The van der Waals surface area contributed by atoms with Crippen molar-refractivity contribution < 1.29 is 19.0 Å². The molecule has 1 aromatic carbocycles. The summed E-state index contributed by atoms with van der Waals surface area (Å²) < 4.78 is 16.3. The average molecular weight is 415 g/mol. The number of nitrogens with zero attached hydrogens (tertiary/aromatic N) is 3. The molecule has 8 heteroatoms. The molecular weight excluding hydrogens is 384 g/mol. The highest BCUT2D eigenvalue weighted by Gasteiger charge is 2.26. The minimum atomic E-state index is -0.536. The zero-order chi connectivity index (χ0) is 21.7. The first-order valence-corrected chi connectivity index (χ1v) is 10.1. The van der Waals surface area contributed by atoms with Gasteiger partial charge in [0.1, 0.15) is 29.2 Å². The topological polar surface area (TPSA) is 85.8 Å². The quantitative estimate of drug-likeness (QED) is 0.797. The van der Waals surface area contributed by atoms with Crippen molar-refractivity contribution in [2.24, 2.45) is 0 Å². The summed E-state index contributed by atoms with van der Waals surface area (Å²) in [6.45, 7) is 7.16. The fraction of sp³-hybridized carbons (Fsp3) is 0.500. The highest BCUT2D eigenvalue weighted by Crippen LogP contribution is 2.27. The molecule has 1 amide bonds. The number of fused-ring (bicyclic) bond motifs is 1. The smallest absolute Gasteiger partial charge is 0.410 e. The Kier molecular flexibility index (Phi) is 6.64. The van der Waals surface area contributed by atoms with E-state index in [0.717, 1.165) is 41.2 Å². The molecule has 1 aliphatic heterocycles. The van der Waals surface area contributed by atoms with Crippen LogP contribution in [0.4, 0.5) is 10.6 Å². The van der Waals surface area contributed by atoms with Gasteiger partial charge in [-0.3, -0.25) is 0 Å². The summed E-state index contributed by atoms with van der Waals surface area (Å²) in [4.78, 5) is 23.2. The van der Waals surface area contributed by atoms with Crippen molar-refractivity contribution in [1.29, 1.82) is 0 Å². The lowest BCUT2D eigenvalue weighted by atomic mass is 10.1. The van der Waals surface area contributed by atoms with Crippen molar-refractivity contribution in [2.75, 3.05) is 26.1 Å². The van der Waals surface area contributed by atoms with Gasteiger partial charge in [-0.1, -0.05) is 0 Å². The van der Waals surface area contributed by atoms with Crippen LogP contribution in [-0.2, 0) is 24.2 Å². The number of carbonyl (C=O) groups excluding carboxylic acids is 1. The van der Waals surface area contributed by atoms with Crippen LogP contribution in [0, 0.1) is 0 Å². The van der Waals surface area contributed by atoms with Gasteiger partial charge in [-0.2, -0.15) is 0 Å². The summed E-state index contributed by atoms with van der Waals surface area (Å²) >= 11 is 0. The molecule has 2 aromatic rings. The second-order valence-corrected chi connectivity index (χ2v) is 8.18. The largest absolute Gasteiger partial charge is 0.497 e. The summed E-state index contributed by atoms with van der Waals surface area (Å²) in [7, 11) is 3.26. The van der Waals surface area contributed by atoms with E-state index in [2.05, 4.69) is 15.3 Å². The number of hydrogen-bond acceptors (Lipinski definition) is 7. The van der Waals surface area contributed by atoms with Gasteiger partial charge in [0, 0.05) is 30.3 Å². The first-order valence-electron chi connectivity index (χ1n) is 10.1. The number of amides is 1. The number of anilines is 1. The lowest BCUT2D eigenvalue weighted by Crippen LogP contribution is -2.36. The van der Waals surface area contributed by atoms with E-state index < -0.39 is 5.60 Å². The molecule has 162 valence electrons. The SMILES string of the molecule is COc1ccc(CNc2ncnc3c2CN(C(=O)OC(C)(C)C)CCC3)c(OC)c1. The molecular formula is C22H30N4O4. The monoisotopic (exact) mass is 414 g/mol. The lowest BCUT2D eigenvalue weighted by Gasteiger charge is -2.27. The molecule has 1 aliphatic rings. The van der Waals surface area contributed by atoms with Crippen molar-refractivity contribution in [1.82, 2.24) is 14.9 Å². The Morgan fingerprint density at radius 2 is 2.00 bits per heavy atom. The van der Waals surface area contributed by atoms with Crippen LogP contribution in [0.2, 0.25) is 0 Å². The van der Waals surface area contributed by atoms with Gasteiger partial charge in [0.25, 0.3) is 0 Å². The number of nitrogens with one attached hydrogen (secondary N) is 1. The number of carbonyl (C=O) groups is 1. The molecule has 0 saturated heterocycles. The molecule has 0 atom stereocenters. The molecule has 0 fully saturated rings. The Morgan fingerprint density at radius 3 is 2.70 bits per heavy atom. The van der Waals surface area contributed by atoms with Gasteiger partial charge < -0.3 is 24.4 Å². The highest BCUT2D eigenvalue weighted by atomic mass is 16.6. The molecule has 0 bridgehead atoms. The van der Waals surface area contributed by atoms with Crippen LogP contribution in [0.15, 0.2) is 24.5 Å². The third-order valence-corrected chi connectivity index (χ3v) is 4.82. The Hall–Kier alpha value is -3.03. The summed E-state index contributed by atoms with van der Waals surface area (Å²) in [6, 6.07) is 5.70. The fourth-order valence-corrected chi connectivity index (χ4v) is 3.35. The van der Waals surface area contributed by atoms with E-state index in [4.69, 9.17) is 14.2 Å². The van der Waals surface area contributed by atoms with Crippen LogP contribution < -0.4 is 14.8 Å². The van der Waals surface area contributed by atoms with E-state index in [1.165, 1.54) is 0 Å². The molecule has 0 saturated carbocycles. The highest BCUT2D eigenvalue weighted by molar-refractivity contribution is 5.69. The zero-order valence-electron chi connectivity index (χ0n) is 18.3. The second kappa shape index (κ2) is 9.19. The molecule has 3 rings (SSSR count). The van der Waals surface area contributed by atoms with Crippen LogP contribution >= 0.6 is 0 Å². The predicted octanol–water partition coefficient (Wildman–Crippen LogP) is 3.79. The lowest BCUT2D eigenvalue weighted by molar-refractivity contribution is 0.0237. The van der Waals surface area contributed by atoms with E-state index in [-0.39, 0.29) is 6.09 Å². The zero-order valence-corrected chi connectivity index (χ0v) is 18.3. The molecule has 0 radical (unpaired) electrons. The Labute approximate surface area is 177 Å². The summed E-state index contributed by atoms with van der Waals surface area (Å²) in [5, 5.41) is 3.39. The molecule has 1 N–H and O–H groups in total. The van der Waals surface area contributed by atoms with Gasteiger partial charge in [-0.05, 0) is 45.7 Å². The summed E-state index contributed by atoms with van der Waals surface area (Å²) in [5.74, 6) is 2.19. The number of rotatable bonds is 5. The van der Waals surface area contributed by atoms with Gasteiger partial charge in [0.15, 0.2) is 0 Å². The maximum Gasteiger partial charge on any atom is 0.410 e. The maximum absolute atomic E-state index is 12.6. The maximum atomic E-state index is 12.6. The van der Waals surface area contributed by atoms with Crippen molar-refractivity contribution in [2.45, 2.75) is 52.3 Å². The van der Waals surface area contributed by atoms with Crippen LogP contribution in [0.1, 0.15) is 44.0 Å².